The molecule has 1 heterocycles. The van der Waals surface area contributed by atoms with E-state index in [1.165, 1.54) is 13.0 Å². The van der Waals surface area contributed by atoms with E-state index in [1.54, 1.807) is 36.4 Å². The van der Waals surface area contributed by atoms with Crippen molar-refractivity contribution < 1.29 is 9.18 Å². The average Bonchev–Trinajstić information content (AvgIpc) is 2.29. The van der Waals surface area contributed by atoms with Gasteiger partial charge in [-0.2, -0.15) is 4.39 Å². The molecular formula is C13H10FNO. The summed E-state index contributed by atoms with van der Waals surface area (Å²) in [6, 6.07) is 11.6. The fraction of sp³-hybridized carbons (Fsp3) is 0.0769. The lowest BCUT2D eigenvalue weighted by Gasteiger charge is -2.02. The predicted octanol–water partition coefficient (Wildman–Crippen LogP) is 3.09. The van der Waals surface area contributed by atoms with Gasteiger partial charge in [0.1, 0.15) is 0 Å². The van der Waals surface area contributed by atoms with Crippen LogP contribution in [0.2, 0.25) is 0 Å². The molecule has 0 atom stereocenters. The summed E-state index contributed by atoms with van der Waals surface area (Å²) in [6.45, 7) is 1.50. The summed E-state index contributed by atoms with van der Waals surface area (Å²) in [6.07, 6.45) is 0. The molecular weight excluding hydrogens is 205 g/mol. The lowest BCUT2D eigenvalue weighted by atomic mass is 10.1. The number of benzene rings is 1. The molecule has 2 nitrogen and oxygen atoms in total. The number of carbonyl (C=O) groups excluding carboxylic acids is 1. The summed E-state index contributed by atoms with van der Waals surface area (Å²) in [5.74, 6) is -0.538. The number of carbonyl (C=O) groups is 1. The van der Waals surface area contributed by atoms with Gasteiger partial charge in [-0.15, -0.1) is 0 Å². The van der Waals surface area contributed by atoms with Crippen molar-refractivity contribution in [3.8, 4) is 11.3 Å². The Hall–Kier alpha value is -2.03. The first-order valence-electron chi connectivity index (χ1n) is 4.91. The van der Waals surface area contributed by atoms with Crippen LogP contribution < -0.4 is 0 Å². The average molecular weight is 215 g/mol. The molecule has 0 aliphatic rings. The Morgan fingerprint density at radius 2 is 1.94 bits per heavy atom. The van der Waals surface area contributed by atoms with E-state index in [0.29, 0.717) is 11.3 Å². The molecule has 0 aliphatic carbocycles. The summed E-state index contributed by atoms with van der Waals surface area (Å²) in [4.78, 5) is 15.0. The molecule has 2 rings (SSSR count). The molecule has 80 valence electrons. The van der Waals surface area contributed by atoms with Gasteiger partial charge in [-0.25, -0.2) is 4.98 Å². The first-order chi connectivity index (χ1) is 7.66. The molecule has 0 fully saturated rings. The van der Waals surface area contributed by atoms with Gasteiger partial charge in [-0.05, 0) is 25.1 Å². The van der Waals surface area contributed by atoms with Crippen molar-refractivity contribution in [1.29, 1.82) is 0 Å². The van der Waals surface area contributed by atoms with Gasteiger partial charge in [0.05, 0.1) is 5.69 Å². The first kappa shape index (κ1) is 10.5. The molecule has 1 aromatic carbocycles. The summed E-state index contributed by atoms with van der Waals surface area (Å²) in [5, 5.41) is 0. The maximum atomic E-state index is 12.9. The molecule has 0 N–H and O–H groups in total. The Balaban J connectivity index is 2.48. The standard InChI is InChI=1S/C13H10FNO/c1-9(16)10-4-2-5-11(8-10)12-6-3-7-13(14)15-12/h2-8H,1H3. The van der Waals surface area contributed by atoms with Crippen LogP contribution in [0, 0.1) is 5.95 Å². The number of halogens is 1. The van der Waals surface area contributed by atoms with Crippen molar-refractivity contribution in [2.24, 2.45) is 0 Å². The van der Waals surface area contributed by atoms with Crippen LogP contribution in [-0.2, 0) is 0 Å². The highest BCUT2D eigenvalue weighted by Gasteiger charge is 2.04. The van der Waals surface area contributed by atoms with Crippen LogP contribution in [0.5, 0.6) is 0 Å². The molecule has 16 heavy (non-hydrogen) atoms. The maximum Gasteiger partial charge on any atom is 0.213 e. The van der Waals surface area contributed by atoms with Crippen molar-refractivity contribution in [2.75, 3.05) is 0 Å². The first-order valence-corrected chi connectivity index (χ1v) is 4.91. The van der Waals surface area contributed by atoms with E-state index >= 15 is 0 Å². The number of Topliss-reactive ketones (excluding diaryl/α,β-unsaturated/α-hetero) is 1. The lowest BCUT2D eigenvalue weighted by Crippen LogP contribution is -1.93. The Bertz CT molecular complexity index is 537. The molecule has 2 aromatic rings. The lowest BCUT2D eigenvalue weighted by molar-refractivity contribution is 0.101. The second kappa shape index (κ2) is 4.23. The monoisotopic (exact) mass is 215 g/mol. The molecule has 0 bridgehead atoms. The quantitative estimate of drug-likeness (QED) is 0.569. The third kappa shape index (κ3) is 2.14. The van der Waals surface area contributed by atoms with E-state index in [1.807, 2.05) is 0 Å². The zero-order chi connectivity index (χ0) is 11.5. The zero-order valence-electron chi connectivity index (χ0n) is 8.77. The van der Waals surface area contributed by atoms with E-state index in [4.69, 9.17) is 0 Å². The molecule has 0 saturated carbocycles. The molecule has 0 amide bonds. The summed E-state index contributed by atoms with van der Waals surface area (Å²) >= 11 is 0. The minimum atomic E-state index is -0.522. The third-order valence-electron chi connectivity index (χ3n) is 2.28. The maximum absolute atomic E-state index is 12.9. The van der Waals surface area contributed by atoms with Crippen LogP contribution in [-0.4, -0.2) is 10.8 Å². The summed E-state index contributed by atoms with van der Waals surface area (Å²) in [7, 11) is 0. The molecule has 0 spiro atoms. The minimum Gasteiger partial charge on any atom is -0.295 e. The van der Waals surface area contributed by atoms with Crippen molar-refractivity contribution in [3.63, 3.8) is 0 Å². The van der Waals surface area contributed by atoms with Crippen LogP contribution in [0.4, 0.5) is 4.39 Å². The van der Waals surface area contributed by atoms with E-state index in [9.17, 15) is 9.18 Å². The van der Waals surface area contributed by atoms with Crippen LogP contribution in [0.25, 0.3) is 11.3 Å². The van der Waals surface area contributed by atoms with E-state index < -0.39 is 5.95 Å². The smallest absolute Gasteiger partial charge is 0.213 e. The Kier molecular flexibility index (Phi) is 2.77. The van der Waals surface area contributed by atoms with Crippen LogP contribution in [0.15, 0.2) is 42.5 Å². The zero-order valence-corrected chi connectivity index (χ0v) is 8.77. The molecule has 0 radical (unpaired) electrons. The van der Waals surface area contributed by atoms with Gasteiger partial charge < -0.3 is 0 Å². The van der Waals surface area contributed by atoms with Gasteiger partial charge in [-0.1, -0.05) is 24.3 Å². The highest BCUT2D eigenvalue weighted by atomic mass is 19.1. The highest BCUT2D eigenvalue weighted by Crippen LogP contribution is 2.18. The molecule has 0 saturated heterocycles. The van der Waals surface area contributed by atoms with Gasteiger partial charge in [0, 0.05) is 11.1 Å². The number of hydrogen-bond acceptors (Lipinski definition) is 2. The van der Waals surface area contributed by atoms with Crippen LogP contribution in [0.1, 0.15) is 17.3 Å². The van der Waals surface area contributed by atoms with Gasteiger partial charge >= 0.3 is 0 Å². The van der Waals surface area contributed by atoms with E-state index in [2.05, 4.69) is 4.98 Å². The van der Waals surface area contributed by atoms with Gasteiger partial charge in [0.25, 0.3) is 0 Å². The second-order valence-electron chi connectivity index (χ2n) is 3.48. The van der Waals surface area contributed by atoms with Crippen molar-refractivity contribution in [3.05, 3.63) is 54.0 Å². The number of aromatic nitrogens is 1. The van der Waals surface area contributed by atoms with Crippen LogP contribution >= 0.6 is 0 Å². The third-order valence-corrected chi connectivity index (χ3v) is 2.28. The minimum absolute atomic E-state index is 0.0155. The Labute approximate surface area is 92.8 Å². The molecule has 1 aromatic heterocycles. The normalized spacial score (nSPS) is 10.1. The topological polar surface area (TPSA) is 30.0 Å². The second-order valence-corrected chi connectivity index (χ2v) is 3.48. The number of ketones is 1. The van der Waals surface area contributed by atoms with Gasteiger partial charge in [0.2, 0.25) is 5.95 Å². The predicted molar refractivity (Wildman–Crippen MR) is 59.6 cm³/mol. The Morgan fingerprint density at radius 3 is 2.62 bits per heavy atom. The Morgan fingerprint density at radius 1 is 1.19 bits per heavy atom. The van der Waals surface area contributed by atoms with Crippen molar-refractivity contribution in [2.45, 2.75) is 6.92 Å². The fourth-order valence-corrected chi connectivity index (χ4v) is 1.47. The summed E-state index contributed by atoms with van der Waals surface area (Å²) < 4.78 is 12.9. The number of rotatable bonds is 2. The van der Waals surface area contributed by atoms with E-state index in [-0.39, 0.29) is 5.78 Å². The largest absolute Gasteiger partial charge is 0.295 e. The van der Waals surface area contributed by atoms with Crippen molar-refractivity contribution >= 4 is 5.78 Å². The van der Waals surface area contributed by atoms with Crippen molar-refractivity contribution in [1.82, 2.24) is 4.98 Å². The highest BCUT2D eigenvalue weighted by molar-refractivity contribution is 5.95. The SMILES string of the molecule is CC(=O)c1cccc(-c2cccc(F)n2)c1. The number of nitrogens with zero attached hydrogens (tertiary/aromatic N) is 1. The van der Waals surface area contributed by atoms with E-state index in [0.717, 1.165) is 5.56 Å². The number of hydrogen-bond donors (Lipinski definition) is 0. The molecule has 0 aliphatic heterocycles. The van der Waals surface area contributed by atoms with Gasteiger partial charge in [-0.3, -0.25) is 4.79 Å². The fourth-order valence-electron chi connectivity index (χ4n) is 1.47. The van der Waals surface area contributed by atoms with Gasteiger partial charge in [0.15, 0.2) is 5.78 Å². The van der Waals surface area contributed by atoms with Crippen LogP contribution in [0.3, 0.4) is 0 Å². The number of pyridine rings is 1. The molecule has 3 heteroatoms. The molecule has 0 unspecified atom stereocenters. The summed E-state index contributed by atoms with van der Waals surface area (Å²) in [5.41, 5.74) is 1.87.